The van der Waals surface area contributed by atoms with Gasteiger partial charge in [0.15, 0.2) is 0 Å². The van der Waals surface area contributed by atoms with Gasteiger partial charge in [0.25, 0.3) is 0 Å². The first-order valence-electron chi connectivity index (χ1n) is 17.8. The topological polar surface area (TPSA) is 80.9 Å². The van der Waals surface area contributed by atoms with Crippen molar-refractivity contribution in [1.29, 1.82) is 0 Å². The lowest BCUT2D eigenvalue weighted by molar-refractivity contribution is 0.473. The number of rotatable bonds is 8. The Morgan fingerprint density at radius 1 is 0.212 bits per heavy atom. The van der Waals surface area contributed by atoms with E-state index in [-0.39, 0.29) is 44.7 Å². The molecule has 0 aliphatic carbocycles. The van der Waals surface area contributed by atoms with Gasteiger partial charge in [-0.3, -0.25) is 0 Å². The summed E-state index contributed by atoms with van der Waals surface area (Å²) in [6.45, 7) is 17.6. The van der Waals surface area contributed by atoms with E-state index < -0.39 is 0 Å². The maximum absolute atomic E-state index is 9.53. The Morgan fingerprint density at radius 3 is 0.423 bits per heavy atom. The summed E-state index contributed by atoms with van der Waals surface area (Å²) >= 11 is 0. The molecule has 0 atom stereocenters. The van der Waals surface area contributed by atoms with E-state index in [9.17, 15) is 20.4 Å². The minimum Gasteiger partial charge on any atom is -0.508 e. The summed E-state index contributed by atoms with van der Waals surface area (Å²) in [5.41, 5.74) is 9.01. The second-order valence-corrected chi connectivity index (χ2v) is 15.8. The quantitative estimate of drug-likeness (QED) is 0.128. The van der Waals surface area contributed by atoms with Crippen molar-refractivity contribution in [2.24, 2.45) is 0 Å². The van der Waals surface area contributed by atoms with Crippen LogP contribution in [0.1, 0.15) is 99.9 Å². The fourth-order valence-electron chi connectivity index (χ4n) is 6.79. The van der Waals surface area contributed by atoms with Crippen molar-refractivity contribution in [2.75, 3.05) is 0 Å². The minimum atomic E-state index is -0.144. The fraction of sp³-hybridized carbons (Fsp3) is 0.250. The molecule has 0 spiro atoms. The first-order chi connectivity index (χ1) is 24.4. The number of hydrogen-bond donors (Lipinski definition) is 4. The normalized spacial score (nSPS) is 12.2. The van der Waals surface area contributed by atoms with Gasteiger partial charge in [-0.1, -0.05) is 152 Å². The minimum absolute atomic E-state index is 0.144. The SMILES string of the molecule is CC(C)(c1ccc(O)cc1)c1ccc(C(C)(C)c2ccc(O)cc2)cc1.CC(C)(c1ccc(O)cc1)c1ccc(C(C)(C)c2ccc(O)cc2)cc1. The summed E-state index contributed by atoms with van der Waals surface area (Å²) in [5, 5.41) is 38.1. The Bertz CT molecular complexity index is 1740. The van der Waals surface area contributed by atoms with Gasteiger partial charge in [0.05, 0.1) is 0 Å². The van der Waals surface area contributed by atoms with Gasteiger partial charge in [0.1, 0.15) is 23.0 Å². The summed E-state index contributed by atoms with van der Waals surface area (Å²) in [4.78, 5) is 0. The van der Waals surface area contributed by atoms with Gasteiger partial charge < -0.3 is 20.4 Å². The molecule has 0 amide bonds. The summed E-state index contributed by atoms with van der Waals surface area (Å²) in [6, 6.07) is 47.2. The molecule has 0 aliphatic heterocycles. The second-order valence-electron chi connectivity index (χ2n) is 15.8. The van der Waals surface area contributed by atoms with Crippen molar-refractivity contribution in [3.8, 4) is 23.0 Å². The van der Waals surface area contributed by atoms with Crippen LogP contribution in [0.25, 0.3) is 0 Å². The summed E-state index contributed by atoms with van der Waals surface area (Å²) in [5.74, 6) is 1.15. The maximum atomic E-state index is 9.53. The van der Waals surface area contributed by atoms with Crippen molar-refractivity contribution < 1.29 is 20.4 Å². The van der Waals surface area contributed by atoms with Crippen molar-refractivity contribution in [2.45, 2.75) is 77.0 Å². The van der Waals surface area contributed by atoms with E-state index in [1.54, 1.807) is 48.5 Å². The molecule has 0 heterocycles. The maximum Gasteiger partial charge on any atom is 0.115 e. The van der Waals surface area contributed by atoms with Crippen LogP contribution in [0.2, 0.25) is 0 Å². The van der Waals surface area contributed by atoms with Gasteiger partial charge in [0.2, 0.25) is 0 Å². The Labute approximate surface area is 309 Å². The Hall–Kier alpha value is -5.48. The van der Waals surface area contributed by atoms with Crippen molar-refractivity contribution in [1.82, 2.24) is 0 Å². The highest BCUT2D eigenvalue weighted by atomic mass is 16.3. The van der Waals surface area contributed by atoms with Crippen LogP contribution in [0, 0.1) is 0 Å². The standard InChI is InChI=1S/2C24H26O2/c2*1-23(2,19-9-13-21(25)14-10-19)17-5-7-18(8-6-17)24(3,4)20-11-15-22(26)16-12-20/h2*5-16,25-26H,1-4H3. The van der Waals surface area contributed by atoms with Crippen LogP contribution in [0.5, 0.6) is 23.0 Å². The lowest BCUT2D eigenvalue weighted by Crippen LogP contribution is -2.21. The van der Waals surface area contributed by atoms with Crippen LogP contribution in [0.15, 0.2) is 146 Å². The van der Waals surface area contributed by atoms with Crippen molar-refractivity contribution in [3.63, 3.8) is 0 Å². The van der Waals surface area contributed by atoms with Crippen LogP contribution < -0.4 is 0 Å². The van der Waals surface area contributed by atoms with Gasteiger partial charge in [-0.2, -0.15) is 0 Å². The van der Waals surface area contributed by atoms with E-state index in [1.807, 2.05) is 48.5 Å². The molecule has 4 nitrogen and oxygen atoms in total. The third-order valence-corrected chi connectivity index (χ3v) is 11.0. The zero-order chi connectivity index (χ0) is 37.9. The van der Waals surface area contributed by atoms with Crippen LogP contribution in [-0.2, 0) is 21.7 Å². The van der Waals surface area contributed by atoms with E-state index in [0.717, 1.165) is 0 Å². The van der Waals surface area contributed by atoms with Gasteiger partial charge in [-0.05, 0) is 93.0 Å². The van der Waals surface area contributed by atoms with Gasteiger partial charge in [-0.15, -0.1) is 0 Å². The van der Waals surface area contributed by atoms with Gasteiger partial charge >= 0.3 is 0 Å². The molecule has 0 unspecified atom stereocenters. The molecule has 4 N–H and O–H groups in total. The van der Waals surface area contributed by atoms with Crippen LogP contribution in [0.4, 0.5) is 0 Å². The molecular formula is C48H52O4. The molecule has 0 fully saturated rings. The molecule has 0 saturated heterocycles. The highest BCUT2D eigenvalue weighted by Crippen LogP contribution is 2.38. The van der Waals surface area contributed by atoms with E-state index >= 15 is 0 Å². The number of hydrogen-bond acceptors (Lipinski definition) is 4. The fourth-order valence-corrected chi connectivity index (χ4v) is 6.79. The number of phenols is 4. The van der Waals surface area contributed by atoms with Gasteiger partial charge in [-0.25, -0.2) is 0 Å². The monoisotopic (exact) mass is 692 g/mol. The number of phenolic OH excluding ortho intramolecular Hbond substituents is 4. The first kappa shape index (κ1) is 37.8. The van der Waals surface area contributed by atoms with Crippen molar-refractivity contribution >= 4 is 0 Å². The molecule has 0 bridgehead atoms. The van der Waals surface area contributed by atoms with Crippen LogP contribution >= 0.6 is 0 Å². The summed E-state index contributed by atoms with van der Waals surface area (Å²) in [6.07, 6.45) is 0. The lowest BCUT2D eigenvalue weighted by Gasteiger charge is -2.29. The molecule has 52 heavy (non-hydrogen) atoms. The van der Waals surface area contributed by atoms with Crippen LogP contribution in [0.3, 0.4) is 0 Å². The average molecular weight is 693 g/mol. The Kier molecular flexibility index (Phi) is 10.6. The van der Waals surface area contributed by atoms with Gasteiger partial charge in [0, 0.05) is 21.7 Å². The van der Waals surface area contributed by atoms with E-state index in [0.29, 0.717) is 0 Å². The molecule has 0 radical (unpaired) electrons. The molecule has 6 aromatic rings. The zero-order valence-corrected chi connectivity index (χ0v) is 31.6. The average Bonchev–Trinajstić information content (AvgIpc) is 3.13. The molecule has 0 saturated carbocycles. The highest BCUT2D eigenvalue weighted by Gasteiger charge is 2.28. The predicted octanol–water partition coefficient (Wildman–Crippen LogP) is 11.5. The number of aromatic hydroxyl groups is 4. The Morgan fingerprint density at radius 2 is 0.308 bits per heavy atom. The molecule has 6 rings (SSSR count). The largest absolute Gasteiger partial charge is 0.508 e. The lowest BCUT2D eigenvalue weighted by atomic mass is 9.74. The molecule has 0 aromatic heterocycles. The third kappa shape index (κ3) is 8.02. The zero-order valence-electron chi connectivity index (χ0n) is 31.6. The highest BCUT2D eigenvalue weighted by molar-refractivity contribution is 5.46. The third-order valence-electron chi connectivity index (χ3n) is 11.0. The molecular weight excluding hydrogens is 641 g/mol. The summed E-state index contributed by atoms with van der Waals surface area (Å²) < 4.78 is 0. The molecule has 4 heteroatoms. The van der Waals surface area contributed by atoms with E-state index in [1.165, 1.54) is 44.5 Å². The molecule has 268 valence electrons. The van der Waals surface area contributed by atoms with E-state index in [2.05, 4.69) is 104 Å². The summed E-state index contributed by atoms with van der Waals surface area (Å²) in [7, 11) is 0. The molecule has 0 aliphatic rings. The second kappa shape index (κ2) is 14.6. The van der Waals surface area contributed by atoms with E-state index in [4.69, 9.17) is 0 Å². The first-order valence-corrected chi connectivity index (χ1v) is 17.8. The van der Waals surface area contributed by atoms with Crippen LogP contribution in [-0.4, -0.2) is 20.4 Å². The predicted molar refractivity (Wildman–Crippen MR) is 214 cm³/mol. The smallest absolute Gasteiger partial charge is 0.115 e. The molecule has 6 aromatic carbocycles. The van der Waals surface area contributed by atoms with Crippen molar-refractivity contribution in [3.05, 3.63) is 190 Å². The number of benzene rings is 6. The Balaban J connectivity index is 0.000000201.